The molecular weight excluding hydrogens is 279 g/mol. The van der Waals surface area contributed by atoms with Crippen molar-refractivity contribution in [1.29, 1.82) is 0 Å². The molecule has 2 aromatic carbocycles. The van der Waals surface area contributed by atoms with Crippen LogP contribution < -0.4 is 10.1 Å². The van der Waals surface area contributed by atoms with Crippen molar-refractivity contribution < 1.29 is 17.9 Å². The van der Waals surface area contributed by atoms with Crippen LogP contribution in [0.5, 0.6) is 5.75 Å². The van der Waals surface area contributed by atoms with Crippen LogP contribution in [0.2, 0.25) is 0 Å². The van der Waals surface area contributed by atoms with E-state index in [2.05, 4.69) is 5.32 Å². The highest BCUT2D eigenvalue weighted by atomic mass is 19.1. The van der Waals surface area contributed by atoms with Crippen molar-refractivity contribution in [3.63, 3.8) is 0 Å². The summed E-state index contributed by atoms with van der Waals surface area (Å²) in [5.74, 6) is -1.42. The predicted molar refractivity (Wildman–Crippen MR) is 74.5 cm³/mol. The molecule has 0 amide bonds. The Hall–Kier alpha value is -2.01. The second-order valence-corrected chi connectivity index (χ2v) is 4.64. The predicted octanol–water partition coefficient (Wildman–Crippen LogP) is 3.79. The fraction of sp³-hybridized carbons (Fsp3) is 0.250. The van der Waals surface area contributed by atoms with Gasteiger partial charge >= 0.3 is 0 Å². The Kier molecular flexibility index (Phi) is 5.22. The third-order valence-corrected chi connectivity index (χ3v) is 2.84. The number of nitrogens with one attached hydrogen (secondary N) is 1. The molecule has 1 N–H and O–H groups in total. The Morgan fingerprint density at radius 3 is 2.14 bits per heavy atom. The zero-order chi connectivity index (χ0) is 15.2. The molecule has 2 aromatic rings. The minimum atomic E-state index is -0.666. The normalized spacial score (nSPS) is 10.7. The Labute approximate surface area is 121 Å². The second-order valence-electron chi connectivity index (χ2n) is 4.64. The molecule has 2 rings (SSSR count). The number of hydrogen-bond donors (Lipinski definition) is 1. The number of hydrogen-bond acceptors (Lipinski definition) is 2. The molecule has 0 aliphatic heterocycles. The lowest BCUT2D eigenvalue weighted by atomic mass is 10.2. The highest BCUT2D eigenvalue weighted by Crippen LogP contribution is 2.18. The van der Waals surface area contributed by atoms with Gasteiger partial charge in [-0.1, -0.05) is 6.92 Å². The molecule has 0 radical (unpaired) electrons. The van der Waals surface area contributed by atoms with Crippen molar-refractivity contribution in [1.82, 2.24) is 5.32 Å². The fourth-order valence-electron chi connectivity index (χ4n) is 1.94. The number of halogens is 3. The molecule has 0 saturated heterocycles. The number of ether oxygens (including phenoxy) is 1. The zero-order valence-corrected chi connectivity index (χ0v) is 11.6. The summed E-state index contributed by atoms with van der Waals surface area (Å²) < 4.78 is 45.0. The smallest absolute Gasteiger partial charge is 0.127 e. The Morgan fingerprint density at radius 1 is 0.857 bits per heavy atom. The van der Waals surface area contributed by atoms with E-state index in [-0.39, 0.29) is 6.61 Å². The van der Waals surface area contributed by atoms with Crippen LogP contribution in [0, 0.1) is 17.5 Å². The summed E-state index contributed by atoms with van der Waals surface area (Å²) in [5.41, 5.74) is 1.10. The maximum absolute atomic E-state index is 13.5. The van der Waals surface area contributed by atoms with E-state index in [0.717, 1.165) is 18.2 Å². The molecule has 0 spiro atoms. The largest absolute Gasteiger partial charge is 0.489 e. The molecule has 0 saturated carbocycles. The van der Waals surface area contributed by atoms with Crippen molar-refractivity contribution in [3.8, 4) is 5.75 Å². The Morgan fingerprint density at radius 2 is 1.48 bits per heavy atom. The minimum Gasteiger partial charge on any atom is -0.489 e. The monoisotopic (exact) mass is 295 g/mol. The van der Waals surface area contributed by atoms with Crippen molar-refractivity contribution in [2.45, 2.75) is 20.1 Å². The van der Waals surface area contributed by atoms with Crippen molar-refractivity contribution in [2.75, 3.05) is 6.54 Å². The van der Waals surface area contributed by atoms with Crippen LogP contribution >= 0.6 is 0 Å². The summed E-state index contributed by atoms with van der Waals surface area (Å²) in [6.07, 6.45) is 0. The molecule has 0 atom stereocenters. The van der Waals surface area contributed by atoms with E-state index in [1.807, 2.05) is 6.92 Å². The summed E-state index contributed by atoms with van der Waals surface area (Å²) >= 11 is 0. The quantitative estimate of drug-likeness (QED) is 0.875. The summed E-state index contributed by atoms with van der Waals surface area (Å²) in [7, 11) is 0. The molecule has 2 nitrogen and oxygen atoms in total. The number of rotatable bonds is 6. The van der Waals surface area contributed by atoms with Crippen LogP contribution in [0.4, 0.5) is 13.2 Å². The van der Waals surface area contributed by atoms with Gasteiger partial charge in [0.1, 0.15) is 29.8 Å². The number of benzene rings is 2. The average molecular weight is 295 g/mol. The molecule has 0 aliphatic carbocycles. The highest BCUT2D eigenvalue weighted by Gasteiger charge is 2.05. The van der Waals surface area contributed by atoms with E-state index in [4.69, 9.17) is 4.74 Å². The molecule has 0 bridgehead atoms. The first-order chi connectivity index (χ1) is 10.1. The van der Waals surface area contributed by atoms with Gasteiger partial charge in [0.05, 0.1) is 0 Å². The molecule has 0 unspecified atom stereocenters. The van der Waals surface area contributed by atoms with Gasteiger partial charge in [-0.2, -0.15) is 0 Å². The van der Waals surface area contributed by atoms with Crippen LogP contribution in [-0.4, -0.2) is 6.54 Å². The van der Waals surface area contributed by atoms with E-state index >= 15 is 0 Å². The summed E-state index contributed by atoms with van der Waals surface area (Å²) in [5, 5.41) is 3.09. The molecular formula is C16H16F3NO. The lowest BCUT2D eigenvalue weighted by Crippen LogP contribution is -2.12. The van der Waals surface area contributed by atoms with Crippen LogP contribution in [0.25, 0.3) is 0 Å². The van der Waals surface area contributed by atoms with Gasteiger partial charge in [-0.25, -0.2) is 13.2 Å². The molecule has 0 fully saturated rings. The van der Waals surface area contributed by atoms with Gasteiger partial charge in [-0.15, -0.1) is 0 Å². The molecule has 0 aliphatic rings. The minimum absolute atomic E-state index is 0.0290. The molecule has 5 heteroatoms. The molecule has 0 aromatic heterocycles. The van der Waals surface area contributed by atoms with Gasteiger partial charge in [0.15, 0.2) is 0 Å². The van der Waals surface area contributed by atoms with Crippen LogP contribution in [0.15, 0.2) is 36.4 Å². The third-order valence-electron chi connectivity index (χ3n) is 2.84. The van der Waals surface area contributed by atoms with E-state index in [1.165, 1.54) is 24.3 Å². The first-order valence-electron chi connectivity index (χ1n) is 6.65. The maximum Gasteiger partial charge on any atom is 0.127 e. The second kappa shape index (κ2) is 7.13. The topological polar surface area (TPSA) is 21.3 Å². The lowest BCUT2D eigenvalue weighted by molar-refractivity contribution is 0.302. The first kappa shape index (κ1) is 15.4. The maximum atomic E-state index is 13.5. The van der Waals surface area contributed by atoms with Crippen LogP contribution in [0.1, 0.15) is 18.1 Å². The van der Waals surface area contributed by atoms with Gasteiger partial charge < -0.3 is 10.1 Å². The van der Waals surface area contributed by atoms with Crippen molar-refractivity contribution in [2.24, 2.45) is 0 Å². The van der Waals surface area contributed by atoms with E-state index in [0.29, 0.717) is 17.9 Å². The Balaban J connectivity index is 2.06. The average Bonchev–Trinajstić information content (AvgIpc) is 2.41. The molecule has 21 heavy (non-hydrogen) atoms. The van der Waals surface area contributed by atoms with Gasteiger partial charge in [0.25, 0.3) is 0 Å². The van der Waals surface area contributed by atoms with Crippen molar-refractivity contribution >= 4 is 0 Å². The van der Waals surface area contributed by atoms with Gasteiger partial charge in [-0.3, -0.25) is 0 Å². The van der Waals surface area contributed by atoms with E-state index in [1.54, 1.807) is 6.07 Å². The van der Waals surface area contributed by atoms with Crippen molar-refractivity contribution in [3.05, 3.63) is 65.0 Å². The zero-order valence-electron chi connectivity index (χ0n) is 11.6. The molecule has 112 valence electrons. The lowest BCUT2D eigenvalue weighted by Gasteiger charge is -2.09. The van der Waals surface area contributed by atoms with Gasteiger partial charge in [0, 0.05) is 18.7 Å². The fourth-order valence-corrected chi connectivity index (χ4v) is 1.94. The summed E-state index contributed by atoms with van der Waals surface area (Å²) in [4.78, 5) is 0. The van der Waals surface area contributed by atoms with Crippen LogP contribution in [-0.2, 0) is 13.2 Å². The van der Waals surface area contributed by atoms with Gasteiger partial charge in [-0.05, 0) is 41.9 Å². The summed E-state index contributed by atoms with van der Waals surface area (Å²) in [6, 6.07) is 7.51. The first-order valence-corrected chi connectivity index (χ1v) is 6.65. The van der Waals surface area contributed by atoms with E-state index < -0.39 is 17.5 Å². The molecule has 0 heterocycles. The highest BCUT2D eigenvalue weighted by molar-refractivity contribution is 5.30. The SMILES string of the molecule is CCNCc1cc(F)cc(OCc2cc(F)cc(F)c2)c1. The Bertz CT molecular complexity index is 596. The third kappa shape index (κ3) is 4.79. The van der Waals surface area contributed by atoms with E-state index in [9.17, 15) is 13.2 Å². The van der Waals surface area contributed by atoms with Gasteiger partial charge in [0.2, 0.25) is 0 Å². The standard InChI is InChI=1S/C16H16F3NO/c1-2-20-9-11-3-15(19)8-16(6-11)21-10-12-4-13(17)7-14(18)5-12/h3-8,20H,2,9-10H2,1H3. The van der Waals surface area contributed by atoms with Crippen LogP contribution in [0.3, 0.4) is 0 Å². The summed E-state index contributed by atoms with van der Waals surface area (Å²) in [6.45, 7) is 3.22.